The molecule has 4 nitrogen and oxygen atoms in total. The first-order chi connectivity index (χ1) is 7.25. The largest absolute Gasteiger partial charge is 0.301 e. The van der Waals surface area contributed by atoms with Crippen LogP contribution in [0.5, 0.6) is 0 Å². The van der Waals surface area contributed by atoms with E-state index in [0.29, 0.717) is 10.7 Å². The minimum Gasteiger partial charge on any atom is -0.301 e. The van der Waals surface area contributed by atoms with Crippen molar-refractivity contribution >= 4 is 38.8 Å². The van der Waals surface area contributed by atoms with Gasteiger partial charge in [0.05, 0.1) is 12.1 Å². The SMILES string of the molecule is O=C(NC1=NCCS1)c1cncc(Br)c1. The number of nitrogens with one attached hydrogen (secondary N) is 1. The van der Waals surface area contributed by atoms with Crippen molar-refractivity contribution in [3.63, 3.8) is 0 Å². The van der Waals surface area contributed by atoms with E-state index in [9.17, 15) is 4.79 Å². The molecule has 0 unspecified atom stereocenters. The van der Waals surface area contributed by atoms with Gasteiger partial charge in [0.1, 0.15) is 0 Å². The summed E-state index contributed by atoms with van der Waals surface area (Å²) in [6.45, 7) is 0.775. The molecule has 6 heteroatoms. The zero-order chi connectivity index (χ0) is 10.7. The fourth-order valence-corrected chi connectivity index (χ4v) is 2.20. The molecule has 2 rings (SSSR count). The Bertz CT molecular complexity index is 422. The Morgan fingerprint density at radius 3 is 3.07 bits per heavy atom. The minimum atomic E-state index is -0.169. The zero-order valence-corrected chi connectivity index (χ0v) is 10.1. The fourth-order valence-electron chi connectivity index (χ4n) is 1.12. The van der Waals surface area contributed by atoms with E-state index in [1.807, 2.05) is 0 Å². The van der Waals surface area contributed by atoms with Gasteiger partial charge in [0, 0.05) is 22.6 Å². The Hall–Kier alpha value is -0.880. The number of aliphatic imine (C=N–C) groups is 1. The Kier molecular flexibility index (Phi) is 3.37. The third-order valence-corrected chi connectivity index (χ3v) is 3.10. The number of hydrogen-bond donors (Lipinski definition) is 1. The second-order valence-electron chi connectivity index (χ2n) is 2.88. The molecule has 0 radical (unpaired) electrons. The van der Waals surface area contributed by atoms with Crippen LogP contribution in [0.25, 0.3) is 0 Å². The van der Waals surface area contributed by atoms with Crippen molar-refractivity contribution in [2.75, 3.05) is 12.3 Å². The Morgan fingerprint density at radius 1 is 1.53 bits per heavy atom. The highest BCUT2D eigenvalue weighted by Crippen LogP contribution is 2.12. The van der Waals surface area contributed by atoms with Crippen LogP contribution in [0.2, 0.25) is 0 Å². The van der Waals surface area contributed by atoms with Crippen LogP contribution in [0.4, 0.5) is 0 Å². The summed E-state index contributed by atoms with van der Waals surface area (Å²) in [4.78, 5) is 19.8. The summed E-state index contributed by atoms with van der Waals surface area (Å²) in [5.74, 6) is 0.767. The van der Waals surface area contributed by atoms with Gasteiger partial charge >= 0.3 is 0 Å². The molecule has 1 aromatic rings. The molecule has 1 aliphatic heterocycles. The van der Waals surface area contributed by atoms with Crippen LogP contribution < -0.4 is 5.32 Å². The molecular formula is C9H8BrN3OS. The quantitative estimate of drug-likeness (QED) is 0.854. The highest BCUT2D eigenvalue weighted by atomic mass is 79.9. The van der Waals surface area contributed by atoms with Crippen molar-refractivity contribution in [1.29, 1.82) is 0 Å². The number of carbonyl (C=O) groups excluding carboxylic acids is 1. The van der Waals surface area contributed by atoms with Crippen LogP contribution in [-0.4, -0.2) is 28.4 Å². The van der Waals surface area contributed by atoms with Crippen LogP contribution in [0.15, 0.2) is 27.9 Å². The smallest absolute Gasteiger partial charge is 0.258 e. The van der Waals surface area contributed by atoms with E-state index in [1.54, 1.807) is 24.0 Å². The van der Waals surface area contributed by atoms with Gasteiger partial charge in [0.2, 0.25) is 0 Å². The van der Waals surface area contributed by atoms with Crippen LogP contribution in [-0.2, 0) is 0 Å². The van der Waals surface area contributed by atoms with Crippen molar-refractivity contribution in [2.24, 2.45) is 4.99 Å². The van der Waals surface area contributed by atoms with Crippen LogP contribution in [0.1, 0.15) is 10.4 Å². The average Bonchev–Trinajstić information content (AvgIpc) is 2.70. The Labute approximate surface area is 99.7 Å². The van der Waals surface area contributed by atoms with E-state index in [2.05, 4.69) is 31.2 Å². The third-order valence-electron chi connectivity index (χ3n) is 1.77. The molecule has 0 spiro atoms. The Morgan fingerprint density at radius 2 is 2.40 bits per heavy atom. The molecule has 1 aliphatic rings. The number of carbonyl (C=O) groups is 1. The van der Waals surface area contributed by atoms with Gasteiger partial charge in [0.15, 0.2) is 5.17 Å². The van der Waals surface area contributed by atoms with Gasteiger partial charge in [-0.15, -0.1) is 0 Å². The normalized spacial score (nSPS) is 14.9. The van der Waals surface area contributed by atoms with Gasteiger partial charge in [-0.25, -0.2) is 0 Å². The van der Waals surface area contributed by atoms with Crippen molar-refractivity contribution < 1.29 is 4.79 Å². The summed E-state index contributed by atoms with van der Waals surface area (Å²) in [6, 6.07) is 1.72. The van der Waals surface area contributed by atoms with E-state index >= 15 is 0 Å². The first-order valence-electron chi connectivity index (χ1n) is 4.35. The first-order valence-corrected chi connectivity index (χ1v) is 6.13. The van der Waals surface area contributed by atoms with Crippen LogP contribution in [0.3, 0.4) is 0 Å². The molecule has 78 valence electrons. The summed E-state index contributed by atoms with van der Waals surface area (Å²) in [6.07, 6.45) is 3.17. The van der Waals surface area contributed by atoms with Gasteiger partial charge in [-0.1, -0.05) is 11.8 Å². The predicted octanol–water partition coefficient (Wildman–Crippen LogP) is 1.68. The van der Waals surface area contributed by atoms with Gasteiger partial charge < -0.3 is 5.32 Å². The number of thioether (sulfide) groups is 1. The number of amides is 1. The highest BCUT2D eigenvalue weighted by Gasteiger charge is 2.12. The van der Waals surface area contributed by atoms with Crippen LogP contribution >= 0.6 is 27.7 Å². The molecule has 2 heterocycles. The molecule has 0 bridgehead atoms. The summed E-state index contributed by atoms with van der Waals surface area (Å²) < 4.78 is 0.788. The monoisotopic (exact) mass is 285 g/mol. The molecule has 1 amide bonds. The highest BCUT2D eigenvalue weighted by molar-refractivity contribution is 9.10. The minimum absolute atomic E-state index is 0.169. The van der Waals surface area contributed by atoms with E-state index in [1.165, 1.54) is 6.20 Å². The number of aromatic nitrogens is 1. The van der Waals surface area contributed by atoms with Crippen molar-refractivity contribution in [3.05, 3.63) is 28.5 Å². The van der Waals surface area contributed by atoms with Gasteiger partial charge in [-0.3, -0.25) is 14.8 Å². The van der Waals surface area contributed by atoms with E-state index in [0.717, 1.165) is 16.8 Å². The maximum absolute atomic E-state index is 11.7. The number of amidine groups is 1. The molecule has 0 aliphatic carbocycles. The lowest BCUT2D eigenvalue weighted by molar-refractivity contribution is 0.0977. The third kappa shape index (κ3) is 2.79. The molecule has 1 aromatic heterocycles. The molecule has 15 heavy (non-hydrogen) atoms. The summed E-state index contributed by atoms with van der Waals surface area (Å²) in [5, 5.41) is 3.43. The first kappa shape index (κ1) is 10.6. The molecule has 0 saturated heterocycles. The lowest BCUT2D eigenvalue weighted by Crippen LogP contribution is -2.27. The maximum atomic E-state index is 11.7. The van der Waals surface area contributed by atoms with Gasteiger partial charge in [-0.05, 0) is 22.0 Å². The molecule has 1 N–H and O–H groups in total. The van der Waals surface area contributed by atoms with Crippen molar-refractivity contribution in [2.45, 2.75) is 0 Å². The topological polar surface area (TPSA) is 54.4 Å². The Balaban J connectivity index is 2.07. The lowest BCUT2D eigenvalue weighted by Gasteiger charge is -2.03. The van der Waals surface area contributed by atoms with E-state index < -0.39 is 0 Å². The standard InChI is InChI=1S/C9H8BrN3OS/c10-7-3-6(4-11-5-7)8(14)13-9-12-1-2-15-9/h3-5H,1-2H2,(H,12,13,14). The number of nitrogens with zero attached hydrogens (tertiary/aromatic N) is 2. The molecule has 0 atom stereocenters. The molecule has 0 saturated carbocycles. The second-order valence-corrected chi connectivity index (χ2v) is 4.88. The number of hydrogen-bond acceptors (Lipinski definition) is 4. The van der Waals surface area contributed by atoms with E-state index in [-0.39, 0.29) is 5.91 Å². The molecule has 0 aromatic carbocycles. The summed E-state index contributed by atoms with van der Waals surface area (Å²) >= 11 is 4.82. The zero-order valence-electron chi connectivity index (χ0n) is 7.74. The van der Waals surface area contributed by atoms with Crippen molar-refractivity contribution in [1.82, 2.24) is 10.3 Å². The summed E-state index contributed by atoms with van der Waals surface area (Å²) in [5.41, 5.74) is 0.527. The van der Waals surface area contributed by atoms with Gasteiger partial charge in [0.25, 0.3) is 5.91 Å². The molecule has 0 fully saturated rings. The fraction of sp³-hybridized carbons (Fsp3) is 0.222. The van der Waals surface area contributed by atoms with E-state index in [4.69, 9.17) is 0 Å². The lowest BCUT2D eigenvalue weighted by atomic mass is 10.3. The second kappa shape index (κ2) is 4.76. The predicted molar refractivity (Wildman–Crippen MR) is 64.2 cm³/mol. The molecular weight excluding hydrogens is 278 g/mol. The van der Waals surface area contributed by atoms with Crippen molar-refractivity contribution in [3.8, 4) is 0 Å². The number of rotatable bonds is 1. The number of halogens is 1. The average molecular weight is 286 g/mol. The summed E-state index contributed by atoms with van der Waals surface area (Å²) in [7, 11) is 0. The van der Waals surface area contributed by atoms with Crippen LogP contribution in [0, 0.1) is 0 Å². The van der Waals surface area contributed by atoms with Gasteiger partial charge in [-0.2, -0.15) is 0 Å². The number of pyridine rings is 1. The maximum Gasteiger partial charge on any atom is 0.258 e.